The molecule has 0 bridgehead atoms. The van der Waals surface area contributed by atoms with Crippen molar-refractivity contribution in [2.45, 2.75) is 6.54 Å². The van der Waals surface area contributed by atoms with Crippen LogP contribution >= 0.6 is 0 Å². The molecule has 0 saturated heterocycles. The molecule has 0 aliphatic carbocycles. The molecule has 3 N–H and O–H groups in total. The lowest BCUT2D eigenvalue weighted by Crippen LogP contribution is -1.99. The summed E-state index contributed by atoms with van der Waals surface area (Å²) in [6, 6.07) is 5.60. The highest BCUT2D eigenvalue weighted by Gasteiger charge is 2.12. The molecule has 1 aromatic carbocycles. The molecule has 2 aromatic rings. The number of H-pyrrole nitrogens is 1. The monoisotopic (exact) mass is 233 g/mol. The lowest BCUT2D eigenvalue weighted by molar-refractivity contribution is 0.395. The van der Waals surface area contributed by atoms with Gasteiger partial charge in [-0.25, -0.2) is 4.98 Å². The average molecular weight is 233 g/mol. The number of methoxy groups -OCH3 is 2. The number of nitrogens with one attached hydrogen (secondary N) is 1. The molecule has 2 rings (SSSR count). The number of nitrogens with two attached hydrogens (primary N) is 1. The van der Waals surface area contributed by atoms with Gasteiger partial charge in [-0.2, -0.15) is 0 Å². The molecule has 5 nitrogen and oxygen atoms in total. The minimum absolute atomic E-state index is 0.407. The first kappa shape index (κ1) is 11.5. The van der Waals surface area contributed by atoms with Crippen LogP contribution in [0.3, 0.4) is 0 Å². The van der Waals surface area contributed by atoms with Crippen molar-refractivity contribution < 1.29 is 9.47 Å². The van der Waals surface area contributed by atoms with E-state index in [1.54, 1.807) is 20.5 Å². The largest absolute Gasteiger partial charge is 0.497 e. The Morgan fingerprint density at radius 3 is 2.76 bits per heavy atom. The Labute approximate surface area is 99.6 Å². The Kier molecular flexibility index (Phi) is 3.30. The van der Waals surface area contributed by atoms with Gasteiger partial charge in [0, 0.05) is 18.2 Å². The van der Waals surface area contributed by atoms with Crippen LogP contribution in [0.5, 0.6) is 11.5 Å². The number of aromatic nitrogens is 2. The molecule has 0 saturated carbocycles. The van der Waals surface area contributed by atoms with Crippen molar-refractivity contribution in [2.75, 3.05) is 14.2 Å². The summed E-state index contributed by atoms with van der Waals surface area (Å²) in [5.41, 5.74) is 8.24. The maximum atomic E-state index is 5.64. The molecule has 0 aliphatic heterocycles. The van der Waals surface area contributed by atoms with Crippen LogP contribution in [0.4, 0.5) is 0 Å². The molecule has 0 radical (unpaired) electrons. The molecule has 1 heterocycles. The van der Waals surface area contributed by atoms with E-state index in [0.29, 0.717) is 12.3 Å². The van der Waals surface area contributed by atoms with Crippen LogP contribution in [0.25, 0.3) is 11.3 Å². The third-order valence-electron chi connectivity index (χ3n) is 2.59. The molecule has 0 aliphatic rings. The zero-order valence-corrected chi connectivity index (χ0v) is 9.86. The van der Waals surface area contributed by atoms with Crippen molar-refractivity contribution in [2.24, 2.45) is 5.73 Å². The molecule has 0 atom stereocenters. The predicted molar refractivity (Wildman–Crippen MR) is 65.0 cm³/mol. The van der Waals surface area contributed by atoms with Gasteiger partial charge in [0.15, 0.2) is 0 Å². The Hall–Kier alpha value is -2.01. The predicted octanol–water partition coefficient (Wildman–Crippen LogP) is 1.55. The second-order valence-corrected chi connectivity index (χ2v) is 3.50. The first-order valence-electron chi connectivity index (χ1n) is 5.25. The quantitative estimate of drug-likeness (QED) is 0.840. The second-order valence-electron chi connectivity index (χ2n) is 3.50. The zero-order valence-electron chi connectivity index (χ0n) is 9.86. The highest BCUT2D eigenvalue weighted by atomic mass is 16.5. The summed E-state index contributed by atoms with van der Waals surface area (Å²) < 4.78 is 10.5. The maximum Gasteiger partial charge on any atom is 0.132 e. The molecule has 5 heteroatoms. The summed E-state index contributed by atoms with van der Waals surface area (Å²) in [4.78, 5) is 7.28. The summed E-state index contributed by atoms with van der Waals surface area (Å²) in [5, 5.41) is 0. The molecule has 0 fully saturated rings. The van der Waals surface area contributed by atoms with Gasteiger partial charge in [0.2, 0.25) is 0 Å². The summed E-state index contributed by atoms with van der Waals surface area (Å²) in [5.74, 6) is 1.46. The van der Waals surface area contributed by atoms with Gasteiger partial charge in [-0.3, -0.25) is 0 Å². The standard InChI is InChI=1S/C12H15N3O2/c1-16-8-3-4-9(11(5-8)17-2)12-10(6-13)14-7-15-12/h3-5,7H,6,13H2,1-2H3,(H,14,15). The highest BCUT2D eigenvalue weighted by Crippen LogP contribution is 2.33. The third-order valence-corrected chi connectivity index (χ3v) is 2.59. The smallest absolute Gasteiger partial charge is 0.132 e. The number of benzene rings is 1. The minimum Gasteiger partial charge on any atom is -0.497 e. The van der Waals surface area contributed by atoms with Crippen LogP contribution in [0.15, 0.2) is 24.5 Å². The molecule has 0 spiro atoms. The van der Waals surface area contributed by atoms with Crippen molar-refractivity contribution in [3.05, 3.63) is 30.2 Å². The fraction of sp³-hybridized carbons (Fsp3) is 0.250. The second kappa shape index (κ2) is 4.88. The first-order chi connectivity index (χ1) is 8.30. The summed E-state index contributed by atoms with van der Waals surface area (Å²) in [7, 11) is 3.24. The van der Waals surface area contributed by atoms with Gasteiger partial charge in [0.1, 0.15) is 11.5 Å². The highest BCUT2D eigenvalue weighted by molar-refractivity contribution is 5.70. The van der Waals surface area contributed by atoms with Gasteiger partial charge >= 0.3 is 0 Å². The third kappa shape index (κ3) is 2.09. The minimum atomic E-state index is 0.407. The van der Waals surface area contributed by atoms with Gasteiger partial charge in [0.25, 0.3) is 0 Å². The summed E-state index contributed by atoms with van der Waals surface area (Å²) >= 11 is 0. The fourth-order valence-corrected chi connectivity index (χ4v) is 1.70. The molecule has 90 valence electrons. The average Bonchev–Trinajstić information content (AvgIpc) is 2.85. The van der Waals surface area contributed by atoms with Crippen LogP contribution in [0.2, 0.25) is 0 Å². The van der Waals surface area contributed by atoms with E-state index in [2.05, 4.69) is 9.97 Å². The van der Waals surface area contributed by atoms with E-state index in [4.69, 9.17) is 15.2 Å². The zero-order chi connectivity index (χ0) is 12.3. The molecule has 0 amide bonds. The molecule has 17 heavy (non-hydrogen) atoms. The van der Waals surface area contributed by atoms with Gasteiger partial charge in [-0.05, 0) is 12.1 Å². The number of rotatable bonds is 4. The van der Waals surface area contributed by atoms with Gasteiger partial charge < -0.3 is 20.2 Å². The number of ether oxygens (including phenoxy) is 2. The summed E-state index contributed by atoms with van der Waals surface area (Å²) in [6.07, 6.45) is 1.63. The first-order valence-corrected chi connectivity index (χ1v) is 5.25. The van der Waals surface area contributed by atoms with E-state index in [-0.39, 0.29) is 0 Å². The number of imidazole rings is 1. The van der Waals surface area contributed by atoms with E-state index >= 15 is 0 Å². The van der Waals surface area contributed by atoms with E-state index in [1.807, 2.05) is 18.2 Å². The lowest BCUT2D eigenvalue weighted by Gasteiger charge is -2.09. The van der Waals surface area contributed by atoms with Crippen molar-refractivity contribution in [3.63, 3.8) is 0 Å². The Morgan fingerprint density at radius 1 is 1.29 bits per heavy atom. The van der Waals surface area contributed by atoms with Crippen LogP contribution < -0.4 is 15.2 Å². The van der Waals surface area contributed by atoms with Crippen molar-refractivity contribution in [1.82, 2.24) is 9.97 Å². The molecular weight excluding hydrogens is 218 g/mol. The number of nitrogens with zero attached hydrogens (tertiary/aromatic N) is 1. The van der Waals surface area contributed by atoms with Crippen molar-refractivity contribution in [3.8, 4) is 22.8 Å². The Balaban J connectivity index is 2.51. The normalized spacial score (nSPS) is 10.3. The topological polar surface area (TPSA) is 73.2 Å². The molecule has 1 aromatic heterocycles. The van der Waals surface area contributed by atoms with Crippen LogP contribution in [0.1, 0.15) is 5.69 Å². The lowest BCUT2D eigenvalue weighted by atomic mass is 10.1. The van der Waals surface area contributed by atoms with E-state index in [0.717, 1.165) is 22.7 Å². The van der Waals surface area contributed by atoms with E-state index < -0.39 is 0 Å². The van der Waals surface area contributed by atoms with E-state index in [9.17, 15) is 0 Å². The van der Waals surface area contributed by atoms with E-state index in [1.165, 1.54) is 0 Å². The van der Waals surface area contributed by atoms with Crippen LogP contribution in [-0.2, 0) is 6.54 Å². The van der Waals surface area contributed by atoms with Crippen LogP contribution in [-0.4, -0.2) is 24.2 Å². The van der Waals surface area contributed by atoms with Gasteiger partial charge in [-0.1, -0.05) is 0 Å². The van der Waals surface area contributed by atoms with Crippen LogP contribution in [0, 0.1) is 0 Å². The number of hydrogen-bond acceptors (Lipinski definition) is 4. The van der Waals surface area contributed by atoms with Crippen molar-refractivity contribution in [1.29, 1.82) is 0 Å². The number of hydrogen-bond donors (Lipinski definition) is 2. The summed E-state index contributed by atoms with van der Waals surface area (Å²) in [6.45, 7) is 0.407. The SMILES string of the molecule is COc1ccc(-c2nc[nH]c2CN)c(OC)c1. The Morgan fingerprint density at radius 2 is 2.12 bits per heavy atom. The molecular formula is C12H15N3O2. The number of aromatic amines is 1. The van der Waals surface area contributed by atoms with Gasteiger partial charge in [0.05, 0.1) is 31.9 Å². The molecule has 0 unspecified atom stereocenters. The van der Waals surface area contributed by atoms with Gasteiger partial charge in [-0.15, -0.1) is 0 Å². The fourth-order valence-electron chi connectivity index (χ4n) is 1.70. The Bertz CT molecular complexity index is 508. The maximum absolute atomic E-state index is 5.64. The van der Waals surface area contributed by atoms with Crippen molar-refractivity contribution >= 4 is 0 Å².